The zero-order chi connectivity index (χ0) is 9.14. The van der Waals surface area contributed by atoms with Gasteiger partial charge in [-0.2, -0.15) is 0 Å². The number of rotatable bonds is 3. The van der Waals surface area contributed by atoms with Crippen molar-refractivity contribution in [2.24, 2.45) is 0 Å². The highest BCUT2D eigenvalue weighted by Crippen LogP contribution is 2.31. The van der Waals surface area contributed by atoms with Gasteiger partial charge in [-0.3, -0.25) is 0 Å². The summed E-state index contributed by atoms with van der Waals surface area (Å²) in [5, 5.41) is 11.6. The molecule has 1 heterocycles. The number of halogens is 1. The van der Waals surface area contributed by atoms with E-state index in [1.54, 1.807) is 11.3 Å². The van der Waals surface area contributed by atoms with E-state index in [-0.39, 0.29) is 0 Å². The van der Waals surface area contributed by atoms with Gasteiger partial charge >= 0.3 is 0 Å². The SMILES string of the molecule is C=C(C)CC(O)c1sccc1Br. The quantitative estimate of drug-likeness (QED) is 0.810. The van der Waals surface area contributed by atoms with E-state index in [4.69, 9.17) is 0 Å². The molecular weight excluding hydrogens is 236 g/mol. The van der Waals surface area contributed by atoms with E-state index >= 15 is 0 Å². The Morgan fingerprint density at radius 2 is 2.50 bits per heavy atom. The Kier molecular flexibility index (Phi) is 3.50. The largest absolute Gasteiger partial charge is 0.387 e. The molecule has 66 valence electrons. The Hall–Kier alpha value is -0.120. The van der Waals surface area contributed by atoms with Crippen LogP contribution in [0, 0.1) is 0 Å². The van der Waals surface area contributed by atoms with Crippen LogP contribution >= 0.6 is 27.3 Å². The fraction of sp³-hybridized carbons (Fsp3) is 0.333. The molecule has 0 amide bonds. The molecule has 0 fully saturated rings. The lowest BCUT2D eigenvalue weighted by atomic mass is 10.1. The molecular formula is C9H11BrOS. The summed E-state index contributed by atoms with van der Waals surface area (Å²) in [6, 6.07) is 1.95. The molecule has 1 aromatic rings. The van der Waals surface area contributed by atoms with Crippen molar-refractivity contribution in [3.63, 3.8) is 0 Å². The number of thiophene rings is 1. The molecule has 3 heteroatoms. The predicted molar refractivity (Wildman–Crippen MR) is 56.4 cm³/mol. The summed E-state index contributed by atoms with van der Waals surface area (Å²) in [4.78, 5) is 0.984. The normalized spacial score (nSPS) is 12.9. The van der Waals surface area contributed by atoms with Crippen molar-refractivity contribution >= 4 is 27.3 Å². The van der Waals surface area contributed by atoms with Crippen LogP contribution < -0.4 is 0 Å². The van der Waals surface area contributed by atoms with E-state index < -0.39 is 6.10 Å². The van der Waals surface area contributed by atoms with E-state index in [2.05, 4.69) is 22.5 Å². The first-order valence-electron chi connectivity index (χ1n) is 3.66. The van der Waals surface area contributed by atoms with Crippen molar-refractivity contribution in [3.8, 4) is 0 Å². The molecule has 1 rings (SSSR count). The molecule has 0 aliphatic carbocycles. The van der Waals surface area contributed by atoms with E-state index in [9.17, 15) is 5.11 Å². The molecule has 1 atom stereocenters. The zero-order valence-corrected chi connectivity index (χ0v) is 9.28. The molecule has 0 aromatic carbocycles. The van der Waals surface area contributed by atoms with Crippen LogP contribution in [0.1, 0.15) is 24.3 Å². The molecule has 1 nitrogen and oxygen atoms in total. The van der Waals surface area contributed by atoms with Gasteiger partial charge < -0.3 is 5.11 Å². The zero-order valence-electron chi connectivity index (χ0n) is 6.88. The van der Waals surface area contributed by atoms with Gasteiger partial charge in [0.2, 0.25) is 0 Å². The van der Waals surface area contributed by atoms with Crippen molar-refractivity contribution in [1.82, 2.24) is 0 Å². The van der Waals surface area contributed by atoms with Crippen molar-refractivity contribution in [3.05, 3.63) is 32.9 Å². The van der Waals surface area contributed by atoms with Crippen LogP contribution in [0.25, 0.3) is 0 Å². The van der Waals surface area contributed by atoms with E-state index in [1.165, 1.54) is 0 Å². The molecule has 1 N–H and O–H groups in total. The Morgan fingerprint density at radius 3 is 2.92 bits per heavy atom. The Morgan fingerprint density at radius 1 is 1.83 bits per heavy atom. The lowest BCUT2D eigenvalue weighted by molar-refractivity contribution is 0.181. The Balaban J connectivity index is 2.71. The van der Waals surface area contributed by atoms with Gasteiger partial charge in [0.05, 0.1) is 6.10 Å². The monoisotopic (exact) mass is 246 g/mol. The molecule has 1 aromatic heterocycles. The van der Waals surface area contributed by atoms with Crippen molar-refractivity contribution in [2.75, 3.05) is 0 Å². The minimum Gasteiger partial charge on any atom is -0.387 e. The second-order valence-corrected chi connectivity index (χ2v) is 4.61. The van der Waals surface area contributed by atoms with Gasteiger partial charge in [0.1, 0.15) is 0 Å². The molecule has 0 saturated carbocycles. The Bertz CT molecular complexity index is 280. The summed E-state index contributed by atoms with van der Waals surface area (Å²) in [6.45, 7) is 5.69. The number of hydrogen-bond donors (Lipinski definition) is 1. The summed E-state index contributed by atoms with van der Waals surface area (Å²) in [7, 11) is 0. The van der Waals surface area contributed by atoms with E-state index in [0.717, 1.165) is 14.9 Å². The minimum atomic E-state index is -0.406. The van der Waals surface area contributed by atoms with Gasteiger partial charge in [-0.1, -0.05) is 5.57 Å². The highest BCUT2D eigenvalue weighted by Gasteiger charge is 2.12. The van der Waals surface area contributed by atoms with Crippen molar-refractivity contribution < 1.29 is 5.11 Å². The summed E-state index contributed by atoms with van der Waals surface area (Å²) in [5.41, 5.74) is 1.00. The molecule has 0 saturated heterocycles. The highest BCUT2D eigenvalue weighted by molar-refractivity contribution is 9.10. The summed E-state index contributed by atoms with van der Waals surface area (Å²) < 4.78 is 0.987. The van der Waals surface area contributed by atoms with Crippen LogP contribution in [-0.2, 0) is 0 Å². The maximum Gasteiger partial charge on any atom is 0.0930 e. The second kappa shape index (κ2) is 4.21. The molecule has 1 unspecified atom stereocenters. The molecule has 0 bridgehead atoms. The van der Waals surface area contributed by atoms with Gasteiger partial charge in [0.15, 0.2) is 0 Å². The predicted octanol–water partition coefficient (Wildman–Crippen LogP) is 3.51. The van der Waals surface area contributed by atoms with Crippen LogP contribution in [0.5, 0.6) is 0 Å². The van der Waals surface area contributed by atoms with Crippen molar-refractivity contribution in [1.29, 1.82) is 0 Å². The lowest BCUT2D eigenvalue weighted by Crippen LogP contribution is -1.95. The van der Waals surface area contributed by atoms with Crippen molar-refractivity contribution in [2.45, 2.75) is 19.4 Å². The highest BCUT2D eigenvalue weighted by atomic mass is 79.9. The Labute approximate surface area is 84.9 Å². The smallest absolute Gasteiger partial charge is 0.0930 e. The maximum absolute atomic E-state index is 9.68. The number of aliphatic hydroxyl groups excluding tert-OH is 1. The number of hydrogen-bond acceptors (Lipinski definition) is 2. The van der Waals surface area contributed by atoms with Gasteiger partial charge in [-0.15, -0.1) is 17.9 Å². The average molecular weight is 247 g/mol. The number of aliphatic hydroxyl groups is 1. The fourth-order valence-electron chi connectivity index (χ4n) is 0.966. The van der Waals surface area contributed by atoms with Crippen LogP contribution in [-0.4, -0.2) is 5.11 Å². The molecule has 0 aliphatic heterocycles. The van der Waals surface area contributed by atoms with Crippen LogP contribution in [0.3, 0.4) is 0 Å². The fourth-order valence-corrected chi connectivity index (χ4v) is 2.59. The third-order valence-electron chi connectivity index (χ3n) is 1.49. The lowest BCUT2D eigenvalue weighted by Gasteiger charge is -2.08. The first kappa shape index (κ1) is 9.96. The summed E-state index contributed by atoms with van der Waals surface area (Å²) >= 11 is 4.94. The maximum atomic E-state index is 9.68. The second-order valence-electron chi connectivity index (χ2n) is 2.81. The third-order valence-corrected chi connectivity index (χ3v) is 3.46. The van der Waals surface area contributed by atoms with E-state index in [1.807, 2.05) is 18.4 Å². The van der Waals surface area contributed by atoms with Gasteiger partial charge in [0.25, 0.3) is 0 Å². The molecule has 0 radical (unpaired) electrons. The first-order chi connectivity index (χ1) is 5.61. The van der Waals surface area contributed by atoms with E-state index in [0.29, 0.717) is 6.42 Å². The summed E-state index contributed by atoms with van der Waals surface area (Å²) in [6.07, 6.45) is 0.232. The molecule has 0 spiro atoms. The topological polar surface area (TPSA) is 20.2 Å². The van der Waals surface area contributed by atoms with Gasteiger partial charge in [-0.25, -0.2) is 0 Å². The summed E-state index contributed by atoms with van der Waals surface area (Å²) in [5.74, 6) is 0. The first-order valence-corrected chi connectivity index (χ1v) is 5.34. The molecule has 12 heavy (non-hydrogen) atoms. The van der Waals surface area contributed by atoms with Crippen LogP contribution in [0.4, 0.5) is 0 Å². The minimum absolute atomic E-state index is 0.406. The third kappa shape index (κ3) is 2.44. The van der Waals surface area contributed by atoms with Gasteiger partial charge in [-0.05, 0) is 40.7 Å². The standard InChI is InChI=1S/C9H11BrOS/c1-6(2)5-8(11)9-7(10)3-4-12-9/h3-4,8,11H,1,5H2,2H3. The van der Waals surface area contributed by atoms with Crippen LogP contribution in [0.2, 0.25) is 0 Å². The average Bonchev–Trinajstić information content (AvgIpc) is 2.33. The van der Waals surface area contributed by atoms with Crippen LogP contribution in [0.15, 0.2) is 28.1 Å². The van der Waals surface area contributed by atoms with Gasteiger partial charge in [0, 0.05) is 9.35 Å². The molecule has 0 aliphatic rings.